The molecule has 3 atom stereocenters. The summed E-state index contributed by atoms with van der Waals surface area (Å²) in [6.45, 7) is 0.836. The summed E-state index contributed by atoms with van der Waals surface area (Å²) >= 11 is 1.27. The third kappa shape index (κ3) is 2.88. The highest BCUT2D eigenvalue weighted by molar-refractivity contribution is 8.00. The fourth-order valence-electron chi connectivity index (χ4n) is 2.28. The minimum Gasteiger partial charge on any atom is -0.481 e. The van der Waals surface area contributed by atoms with Gasteiger partial charge in [-0.15, -0.1) is 11.8 Å². The number of Topliss-reactive ketones (excluding diaryl/α,β-unsaturated/α-hetero) is 1. The summed E-state index contributed by atoms with van der Waals surface area (Å²) in [6, 6.07) is -0.595. The summed E-state index contributed by atoms with van der Waals surface area (Å²) in [6.07, 6.45) is -0.390. The summed E-state index contributed by atoms with van der Waals surface area (Å²) in [4.78, 5) is 46.8. The Kier molecular flexibility index (Phi) is 4.24. The molecule has 0 aromatic carbocycles. The van der Waals surface area contributed by atoms with Gasteiger partial charge in [-0.1, -0.05) is 0 Å². The Morgan fingerprint density at radius 3 is 2.76 bits per heavy atom. The second kappa shape index (κ2) is 5.64. The number of carboxylic acids is 1. The third-order valence-corrected chi connectivity index (χ3v) is 5.15. The molecule has 2 rings (SSSR count). The number of carbonyl (C=O) groups excluding carboxylic acids is 3. The summed E-state index contributed by atoms with van der Waals surface area (Å²) < 4.78 is 4.90. The third-order valence-electron chi connectivity index (χ3n) is 3.54. The van der Waals surface area contributed by atoms with Crippen molar-refractivity contribution >= 4 is 35.4 Å². The molecule has 2 heterocycles. The molecule has 2 fully saturated rings. The minimum absolute atomic E-state index is 0.0418. The van der Waals surface area contributed by atoms with E-state index >= 15 is 0 Å². The summed E-state index contributed by atoms with van der Waals surface area (Å²) in [5.41, 5.74) is 4.28. The molecule has 2 saturated heterocycles. The molecule has 0 aliphatic carbocycles. The monoisotopic (exact) mass is 316 g/mol. The van der Waals surface area contributed by atoms with Crippen LogP contribution in [0.2, 0.25) is 0 Å². The van der Waals surface area contributed by atoms with Gasteiger partial charge in [-0.2, -0.15) is 0 Å². The molecular weight excluding hydrogens is 300 g/mol. The van der Waals surface area contributed by atoms with Gasteiger partial charge in [-0.05, 0) is 6.92 Å². The average molecular weight is 316 g/mol. The van der Waals surface area contributed by atoms with E-state index < -0.39 is 23.4 Å². The van der Waals surface area contributed by atoms with Crippen molar-refractivity contribution in [1.29, 1.82) is 0 Å². The molecular formula is C12H16N2O6S. The number of carboxylic acid groups (broad SMARTS) is 1. The van der Waals surface area contributed by atoms with E-state index in [2.05, 4.69) is 0 Å². The molecule has 9 heteroatoms. The highest BCUT2D eigenvalue weighted by Crippen LogP contribution is 2.41. The van der Waals surface area contributed by atoms with Crippen LogP contribution in [-0.2, 0) is 23.9 Å². The molecule has 1 amide bonds. The highest BCUT2D eigenvalue weighted by atomic mass is 32.2. The van der Waals surface area contributed by atoms with Crippen molar-refractivity contribution in [3.8, 4) is 0 Å². The number of hydrogen-bond acceptors (Lipinski definition) is 7. The maximum atomic E-state index is 11.6. The quantitative estimate of drug-likeness (QED) is 0.369. The standard InChI is InChI=1S/C12H16N2O6S/c1-6(15)2-7(16)20-4-12(11(18)19)3-14-9(17)8(13)10(14)21-5-12/h8,10H,2-5,13H2,1H3,(H,18,19)/t8?,10-,12?/m1/s1. The Hall–Kier alpha value is -1.61. The molecule has 0 saturated carbocycles. The van der Waals surface area contributed by atoms with Crippen LogP contribution in [0.25, 0.3) is 0 Å². The van der Waals surface area contributed by atoms with Crippen molar-refractivity contribution in [2.24, 2.45) is 11.1 Å². The predicted molar refractivity (Wildman–Crippen MR) is 72.3 cm³/mol. The number of amides is 1. The van der Waals surface area contributed by atoms with Gasteiger partial charge in [-0.3, -0.25) is 19.2 Å². The fourth-order valence-corrected chi connectivity index (χ4v) is 3.75. The number of esters is 1. The van der Waals surface area contributed by atoms with Crippen molar-refractivity contribution in [2.75, 3.05) is 18.9 Å². The lowest BCUT2D eigenvalue weighted by Crippen LogP contribution is -2.72. The van der Waals surface area contributed by atoms with Crippen LogP contribution in [-0.4, -0.2) is 64.0 Å². The lowest BCUT2D eigenvalue weighted by atomic mass is 9.88. The van der Waals surface area contributed by atoms with Crippen molar-refractivity contribution < 1.29 is 29.0 Å². The summed E-state index contributed by atoms with van der Waals surface area (Å²) in [7, 11) is 0. The number of ketones is 1. The first-order valence-electron chi connectivity index (χ1n) is 6.33. The number of rotatable bonds is 5. The lowest BCUT2D eigenvalue weighted by molar-refractivity contribution is -0.164. The number of hydrogen-bond donors (Lipinski definition) is 2. The number of ether oxygens (including phenoxy) is 1. The fraction of sp³-hybridized carbons (Fsp3) is 0.667. The van der Waals surface area contributed by atoms with E-state index in [1.54, 1.807) is 0 Å². The molecule has 2 unspecified atom stereocenters. The van der Waals surface area contributed by atoms with E-state index in [9.17, 15) is 24.3 Å². The molecule has 21 heavy (non-hydrogen) atoms. The first-order chi connectivity index (χ1) is 9.77. The van der Waals surface area contributed by atoms with Gasteiger partial charge in [0.25, 0.3) is 0 Å². The molecule has 0 aromatic rings. The lowest BCUT2D eigenvalue weighted by Gasteiger charge is -2.52. The number of nitrogens with zero attached hydrogens (tertiary/aromatic N) is 1. The minimum atomic E-state index is -1.36. The van der Waals surface area contributed by atoms with E-state index in [0.717, 1.165) is 0 Å². The Balaban J connectivity index is 2.02. The van der Waals surface area contributed by atoms with Crippen LogP contribution >= 0.6 is 11.8 Å². The van der Waals surface area contributed by atoms with Gasteiger partial charge in [0.2, 0.25) is 5.91 Å². The highest BCUT2D eigenvalue weighted by Gasteiger charge is 2.56. The molecule has 8 nitrogen and oxygen atoms in total. The van der Waals surface area contributed by atoms with E-state index in [0.29, 0.717) is 0 Å². The maximum absolute atomic E-state index is 11.6. The summed E-state index contributed by atoms with van der Waals surface area (Å²) in [5, 5.41) is 9.21. The van der Waals surface area contributed by atoms with Gasteiger partial charge in [0.15, 0.2) is 0 Å². The number of fused-ring (bicyclic) bond motifs is 1. The number of aliphatic carboxylic acids is 1. The van der Waals surface area contributed by atoms with Gasteiger partial charge in [0, 0.05) is 12.3 Å². The smallest absolute Gasteiger partial charge is 0.315 e. The van der Waals surface area contributed by atoms with Crippen molar-refractivity contribution in [3.63, 3.8) is 0 Å². The van der Waals surface area contributed by atoms with Crippen molar-refractivity contribution in [1.82, 2.24) is 4.90 Å². The zero-order valence-corrected chi connectivity index (χ0v) is 12.2. The van der Waals surface area contributed by atoms with Gasteiger partial charge in [0.05, 0.1) is 0 Å². The second-order valence-corrected chi connectivity index (χ2v) is 6.42. The number of carbonyl (C=O) groups is 4. The molecule has 2 aliphatic rings. The number of β-lactam (4-membered cyclic amide) rings is 1. The van der Waals surface area contributed by atoms with Crippen LogP contribution in [0, 0.1) is 5.41 Å². The van der Waals surface area contributed by atoms with Gasteiger partial charge < -0.3 is 20.5 Å². The van der Waals surface area contributed by atoms with E-state index in [1.165, 1.54) is 23.6 Å². The maximum Gasteiger partial charge on any atom is 0.315 e. The Labute approximate surface area is 125 Å². The molecule has 116 valence electrons. The zero-order valence-electron chi connectivity index (χ0n) is 11.4. The first kappa shape index (κ1) is 15.8. The summed E-state index contributed by atoms with van der Waals surface area (Å²) in [5.74, 6) is -2.36. The van der Waals surface area contributed by atoms with Crippen molar-refractivity contribution in [2.45, 2.75) is 24.8 Å². The van der Waals surface area contributed by atoms with Crippen molar-refractivity contribution in [3.05, 3.63) is 0 Å². The van der Waals surface area contributed by atoms with Gasteiger partial charge in [-0.25, -0.2) is 0 Å². The molecule has 0 bridgehead atoms. The van der Waals surface area contributed by atoms with E-state index in [4.69, 9.17) is 10.5 Å². The van der Waals surface area contributed by atoms with Crippen LogP contribution in [0.5, 0.6) is 0 Å². The van der Waals surface area contributed by atoms with Crippen LogP contribution < -0.4 is 5.73 Å². The van der Waals surface area contributed by atoms with Gasteiger partial charge in [0.1, 0.15) is 35.6 Å². The molecule has 2 aliphatic heterocycles. The SMILES string of the molecule is CC(=O)CC(=O)OCC1(C(=O)O)CS[C@@H]2C(N)C(=O)N2C1. The molecule has 0 aromatic heterocycles. The average Bonchev–Trinajstić information content (AvgIpc) is 2.43. The van der Waals surface area contributed by atoms with E-state index in [-0.39, 0.29) is 42.4 Å². The first-order valence-corrected chi connectivity index (χ1v) is 7.38. The molecule has 3 N–H and O–H groups in total. The predicted octanol–water partition coefficient (Wildman–Crippen LogP) is -1.18. The van der Waals surface area contributed by atoms with Crippen LogP contribution in [0.1, 0.15) is 13.3 Å². The number of nitrogens with two attached hydrogens (primary N) is 1. The van der Waals surface area contributed by atoms with Crippen LogP contribution in [0.3, 0.4) is 0 Å². The zero-order chi connectivity index (χ0) is 15.8. The molecule has 0 spiro atoms. The largest absolute Gasteiger partial charge is 0.481 e. The Morgan fingerprint density at radius 2 is 2.19 bits per heavy atom. The Morgan fingerprint density at radius 1 is 1.52 bits per heavy atom. The topological polar surface area (TPSA) is 127 Å². The second-order valence-electron chi connectivity index (χ2n) is 5.32. The Bertz CT molecular complexity index is 510. The van der Waals surface area contributed by atoms with E-state index in [1.807, 2.05) is 0 Å². The molecule has 0 radical (unpaired) electrons. The van der Waals surface area contributed by atoms with Crippen LogP contribution in [0.15, 0.2) is 0 Å². The normalized spacial score (nSPS) is 31.1. The van der Waals surface area contributed by atoms with Crippen LogP contribution in [0.4, 0.5) is 0 Å². The van der Waals surface area contributed by atoms with Gasteiger partial charge >= 0.3 is 11.9 Å². The number of thioether (sulfide) groups is 1.